The van der Waals surface area contributed by atoms with Crippen molar-refractivity contribution in [1.82, 2.24) is 9.97 Å². The number of carbonyl (C=O) groups excluding carboxylic acids is 3. The number of hydrogen-bond donors (Lipinski definition) is 2. The molecule has 2 N–H and O–H groups in total. The quantitative estimate of drug-likeness (QED) is 0.487. The lowest BCUT2D eigenvalue weighted by atomic mass is 10.0. The fourth-order valence-corrected chi connectivity index (χ4v) is 2.60. The average molecular weight is 370 g/mol. The summed E-state index contributed by atoms with van der Waals surface area (Å²) >= 11 is 0. The summed E-state index contributed by atoms with van der Waals surface area (Å²) < 4.78 is 20.9. The second kappa shape index (κ2) is 7.95. The van der Waals surface area contributed by atoms with Gasteiger partial charge < -0.3 is 23.9 Å². The van der Waals surface area contributed by atoms with E-state index in [1.54, 1.807) is 0 Å². The van der Waals surface area contributed by atoms with Gasteiger partial charge in [0, 0.05) is 27.0 Å². The van der Waals surface area contributed by atoms with Crippen LogP contribution in [0.2, 0.25) is 0 Å². The van der Waals surface area contributed by atoms with Gasteiger partial charge >= 0.3 is 23.6 Å². The number of aromatic nitrogens is 2. The Balaban J connectivity index is 2.41. The summed E-state index contributed by atoms with van der Waals surface area (Å²) in [4.78, 5) is 61.6. The molecule has 2 unspecified atom stereocenters. The Kier molecular flexibility index (Phi) is 5.93. The van der Waals surface area contributed by atoms with E-state index >= 15 is 0 Å². The maximum Gasteiger partial charge on any atom is 0.325 e. The van der Waals surface area contributed by atoms with Crippen molar-refractivity contribution in [2.75, 3.05) is 6.61 Å². The molecule has 1 aliphatic rings. The maximum atomic E-state index is 12.1. The largest absolute Gasteiger partial charge is 0.463 e. The number of carbonyl (C=O) groups is 3. The average Bonchev–Trinajstić information content (AvgIpc) is 2.82. The Morgan fingerprint density at radius 2 is 1.65 bits per heavy atom. The first-order valence-electron chi connectivity index (χ1n) is 7.64. The van der Waals surface area contributed by atoms with Crippen LogP contribution >= 0.6 is 0 Å². The van der Waals surface area contributed by atoms with Gasteiger partial charge in [-0.25, -0.2) is 4.79 Å². The van der Waals surface area contributed by atoms with Gasteiger partial charge in [0.2, 0.25) is 0 Å². The zero-order chi connectivity index (χ0) is 19.4. The summed E-state index contributed by atoms with van der Waals surface area (Å²) in [5.74, 6) is -1.97. The normalized spacial score (nSPS) is 24.7. The van der Waals surface area contributed by atoms with Crippen LogP contribution in [0.1, 0.15) is 32.4 Å². The standard InChI is InChI=1S/C15H18N2O9/c1-6(18)23-5-10-12(24-7(2)19)13(25-8(3)20)11(26-10)9-4-16-15(22)17-14(9)21/h4,10-13H,5H2,1-3H3,(H2,16,17,21,22)/t10-,11+,12?,13?/m1/s1. The summed E-state index contributed by atoms with van der Waals surface area (Å²) in [5, 5.41) is 0. The summed E-state index contributed by atoms with van der Waals surface area (Å²) in [6.45, 7) is 3.18. The van der Waals surface area contributed by atoms with E-state index in [2.05, 4.69) is 4.98 Å². The third-order valence-electron chi connectivity index (χ3n) is 3.52. The topological polar surface area (TPSA) is 154 Å². The second-order valence-electron chi connectivity index (χ2n) is 5.57. The summed E-state index contributed by atoms with van der Waals surface area (Å²) in [6.07, 6.45) is -3.31. The number of aromatic amines is 2. The zero-order valence-electron chi connectivity index (χ0n) is 14.3. The van der Waals surface area contributed by atoms with Crippen molar-refractivity contribution in [3.05, 3.63) is 32.6 Å². The first-order chi connectivity index (χ1) is 12.2. The number of esters is 3. The minimum absolute atomic E-state index is 0.0432. The van der Waals surface area contributed by atoms with Crippen LogP contribution < -0.4 is 11.2 Å². The van der Waals surface area contributed by atoms with E-state index in [0.717, 1.165) is 20.0 Å². The van der Waals surface area contributed by atoms with Gasteiger partial charge in [0.15, 0.2) is 12.2 Å². The number of hydrogen-bond acceptors (Lipinski definition) is 9. The molecule has 1 fully saturated rings. The van der Waals surface area contributed by atoms with Gasteiger partial charge in [-0.15, -0.1) is 0 Å². The molecular weight excluding hydrogens is 352 g/mol. The monoisotopic (exact) mass is 370 g/mol. The fourth-order valence-electron chi connectivity index (χ4n) is 2.60. The molecule has 0 aromatic carbocycles. The van der Waals surface area contributed by atoms with Crippen LogP contribution in [0, 0.1) is 0 Å². The molecule has 142 valence electrons. The molecule has 11 heteroatoms. The van der Waals surface area contributed by atoms with Crippen LogP contribution in [0.3, 0.4) is 0 Å². The molecule has 26 heavy (non-hydrogen) atoms. The molecule has 1 saturated heterocycles. The first-order valence-corrected chi connectivity index (χ1v) is 7.64. The SMILES string of the molecule is CC(=O)OC[C@H]1O[C@@H](c2c[nH]c(=O)[nH]c2=O)C(OC(C)=O)C1OC(C)=O. The lowest BCUT2D eigenvalue weighted by molar-refractivity contribution is -0.165. The molecule has 2 heterocycles. The van der Waals surface area contributed by atoms with E-state index in [1.807, 2.05) is 4.98 Å². The molecule has 0 amide bonds. The van der Waals surface area contributed by atoms with E-state index < -0.39 is 53.6 Å². The van der Waals surface area contributed by atoms with Gasteiger partial charge in [0.1, 0.15) is 18.8 Å². The molecule has 0 spiro atoms. The van der Waals surface area contributed by atoms with Crippen molar-refractivity contribution >= 4 is 17.9 Å². The van der Waals surface area contributed by atoms with Crippen molar-refractivity contribution in [3.63, 3.8) is 0 Å². The zero-order valence-corrected chi connectivity index (χ0v) is 14.3. The third-order valence-corrected chi connectivity index (χ3v) is 3.52. The summed E-state index contributed by atoms with van der Waals surface area (Å²) in [6, 6.07) is 0. The minimum Gasteiger partial charge on any atom is -0.463 e. The summed E-state index contributed by atoms with van der Waals surface area (Å²) in [7, 11) is 0. The Hall–Kier alpha value is -2.95. The molecule has 2 rings (SSSR count). The Bertz CT molecular complexity index is 812. The van der Waals surface area contributed by atoms with Crippen LogP contribution in [0.4, 0.5) is 0 Å². The van der Waals surface area contributed by atoms with Gasteiger partial charge in [-0.2, -0.15) is 0 Å². The van der Waals surface area contributed by atoms with Gasteiger partial charge in [0.05, 0.1) is 5.56 Å². The van der Waals surface area contributed by atoms with Gasteiger partial charge in [-0.05, 0) is 0 Å². The van der Waals surface area contributed by atoms with Gasteiger partial charge in [0.25, 0.3) is 5.56 Å². The highest BCUT2D eigenvalue weighted by Crippen LogP contribution is 2.36. The molecule has 11 nitrogen and oxygen atoms in total. The van der Waals surface area contributed by atoms with Crippen molar-refractivity contribution in [3.8, 4) is 0 Å². The van der Waals surface area contributed by atoms with Crippen LogP contribution in [0.25, 0.3) is 0 Å². The molecular formula is C15H18N2O9. The van der Waals surface area contributed by atoms with E-state index in [-0.39, 0.29) is 12.2 Å². The van der Waals surface area contributed by atoms with Crippen LogP contribution in [-0.4, -0.2) is 52.8 Å². The number of rotatable bonds is 5. The third kappa shape index (κ3) is 4.57. The van der Waals surface area contributed by atoms with E-state index in [4.69, 9.17) is 18.9 Å². The maximum absolute atomic E-state index is 12.1. The number of H-pyrrole nitrogens is 2. The number of ether oxygens (including phenoxy) is 4. The van der Waals surface area contributed by atoms with Crippen molar-refractivity contribution in [1.29, 1.82) is 0 Å². The lowest BCUT2D eigenvalue weighted by Gasteiger charge is -2.23. The molecule has 4 atom stereocenters. The smallest absolute Gasteiger partial charge is 0.325 e. The van der Waals surface area contributed by atoms with Crippen LogP contribution in [0.15, 0.2) is 15.8 Å². The Morgan fingerprint density at radius 1 is 1.04 bits per heavy atom. The molecule has 0 radical (unpaired) electrons. The summed E-state index contributed by atoms with van der Waals surface area (Å²) in [5.41, 5.74) is -1.53. The predicted octanol–water partition coefficient (Wildman–Crippen LogP) is -1.07. The van der Waals surface area contributed by atoms with Crippen LogP contribution in [0.5, 0.6) is 0 Å². The van der Waals surface area contributed by atoms with Crippen molar-refractivity contribution in [2.24, 2.45) is 0 Å². The lowest BCUT2D eigenvalue weighted by Crippen LogP contribution is -2.40. The highest BCUT2D eigenvalue weighted by atomic mass is 16.6. The second-order valence-corrected chi connectivity index (χ2v) is 5.57. The molecule has 0 bridgehead atoms. The first kappa shape index (κ1) is 19.4. The number of nitrogens with one attached hydrogen (secondary N) is 2. The van der Waals surface area contributed by atoms with Gasteiger partial charge in [-0.3, -0.25) is 24.2 Å². The van der Waals surface area contributed by atoms with E-state index in [1.165, 1.54) is 6.92 Å². The highest BCUT2D eigenvalue weighted by Gasteiger charge is 2.51. The van der Waals surface area contributed by atoms with Crippen molar-refractivity contribution < 1.29 is 33.3 Å². The Labute approximate surface area is 146 Å². The van der Waals surface area contributed by atoms with Crippen LogP contribution in [-0.2, 0) is 33.3 Å². The Morgan fingerprint density at radius 3 is 2.19 bits per heavy atom. The molecule has 0 saturated carbocycles. The predicted molar refractivity (Wildman–Crippen MR) is 83.0 cm³/mol. The minimum atomic E-state index is -1.18. The van der Waals surface area contributed by atoms with E-state index in [0.29, 0.717) is 0 Å². The molecule has 1 aromatic rings. The molecule has 1 aliphatic heterocycles. The molecule has 0 aliphatic carbocycles. The van der Waals surface area contributed by atoms with E-state index in [9.17, 15) is 24.0 Å². The highest BCUT2D eigenvalue weighted by molar-refractivity contribution is 5.68. The van der Waals surface area contributed by atoms with Gasteiger partial charge in [-0.1, -0.05) is 0 Å². The van der Waals surface area contributed by atoms with Crippen molar-refractivity contribution in [2.45, 2.75) is 45.2 Å². The molecule has 1 aromatic heterocycles. The fraction of sp³-hybridized carbons (Fsp3) is 0.533.